The van der Waals surface area contributed by atoms with Gasteiger partial charge in [-0.05, 0) is 24.8 Å². The standard InChI is InChI=1S/C20H34N4O2/c1-21-20(22-11-16-26-17-18-7-4-3-5-8-18)23-19-9-13-24(14-10-19)12-6-15-25-2/h3-5,7-8,19H,6,9-17H2,1-2H3,(H2,21,22,23). The minimum Gasteiger partial charge on any atom is -0.385 e. The van der Waals surface area contributed by atoms with Crippen LogP contribution in [0.15, 0.2) is 35.3 Å². The SMILES string of the molecule is CN=C(NCCOCc1ccccc1)NC1CCN(CCCOC)CC1. The molecule has 0 atom stereocenters. The second kappa shape index (κ2) is 12.7. The first kappa shape index (κ1) is 20.7. The molecule has 1 aromatic carbocycles. The highest BCUT2D eigenvalue weighted by Gasteiger charge is 2.19. The Balaban J connectivity index is 1.55. The monoisotopic (exact) mass is 362 g/mol. The molecule has 2 N–H and O–H groups in total. The van der Waals surface area contributed by atoms with Gasteiger partial charge < -0.3 is 25.0 Å². The predicted molar refractivity (Wildman–Crippen MR) is 107 cm³/mol. The summed E-state index contributed by atoms with van der Waals surface area (Å²) in [5.74, 6) is 0.867. The molecule has 0 aliphatic carbocycles. The summed E-state index contributed by atoms with van der Waals surface area (Å²) in [7, 11) is 3.58. The van der Waals surface area contributed by atoms with Crippen molar-refractivity contribution in [2.24, 2.45) is 4.99 Å². The molecule has 1 aliphatic rings. The summed E-state index contributed by atoms with van der Waals surface area (Å²) in [6.07, 6.45) is 3.41. The molecule has 0 spiro atoms. The Kier molecular flexibility index (Phi) is 10.1. The fourth-order valence-corrected chi connectivity index (χ4v) is 3.13. The molecular formula is C20H34N4O2. The fourth-order valence-electron chi connectivity index (χ4n) is 3.13. The Labute approximate surface area is 158 Å². The normalized spacial score (nSPS) is 16.6. The Morgan fingerprint density at radius 2 is 1.96 bits per heavy atom. The van der Waals surface area contributed by atoms with Gasteiger partial charge in [0.1, 0.15) is 0 Å². The number of nitrogens with one attached hydrogen (secondary N) is 2. The minimum absolute atomic E-state index is 0.491. The number of hydrogen-bond acceptors (Lipinski definition) is 4. The van der Waals surface area contributed by atoms with Crippen LogP contribution in [0.4, 0.5) is 0 Å². The van der Waals surface area contributed by atoms with Gasteiger partial charge >= 0.3 is 0 Å². The summed E-state index contributed by atoms with van der Waals surface area (Å²) in [5.41, 5.74) is 1.20. The summed E-state index contributed by atoms with van der Waals surface area (Å²) < 4.78 is 10.8. The number of methoxy groups -OCH3 is 1. The highest BCUT2D eigenvalue weighted by atomic mass is 16.5. The Morgan fingerprint density at radius 1 is 1.19 bits per heavy atom. The third-order valence-electron chi connectivity index (χ3n) is 4.63. The minimum atomic E-state index is 0.491. The summed E-state index contributed by atoms with van der Waals surface area (Å²) in [4.78, 5) is 6.85. The number of hydrogen-bond donors (Lipinski definition) is 2. The van der Waals surface area contributed by atoms with Crippen molar-refractivity contribution in [1.29, 1.82) is 0 Å². The molecule has 0 amide bonds. The summed E-state index contributed by atoms with van der Waals surface area (Å²) in [6, 6.07) is 10.7. The quantitative estimate of drug-likeness (QED) is 0.378. The van der Waals surface area contributed by atoms with E-state index < -0.39 is 0 Å². The van der Waals surface area contributed by atoms with Crippen molar-refractivity contribution in [2.75, 3.05) is 53.6 Å². The Hall–Kier alpha value is -1.63. The first-order valence-corrected chi connectivity index (χ1v) is 9.62. The van der Waals surface area contributed by atoms with E-state index in [1.54, 1.807) is 7.11 Å². The molecule has 1 aliphatic heterocycles. The van der Waals surface area contributed by atoms with Crippen LogP contribution >= 0.6 is 0 Å². The average Bonchev–Trinajstić information content (AvgIpc) is 2.69. The number of aliphatic imine (C=N–C) groups is 1. The van der Waals surface area contributed by atoms with Crippen molar-refractivity contribution in [3.05, 3.63) is 35.9 Å². The van der Waals surface area contributed by atoms with E-state index in [0.29, 0.717) is 19.3 Å². The van der Waals surface area contributed by atoms with E-state index >= 15 is 0 Å². The maximum Gasteiger partial charge on any atom is 0.191 e. The van der Waals surface area contributed by atoms with E-state index in [2.05, 4.69) is 32.7 Å². The number of piperidine rings is 1. The van der Waals surface area contributed by atoms with E-state index in [1.807, 2.05) is 25.2 Å². The number of guanidine groups is 1. The summed E-state index contributed by atoms with van der Waals surface area (Å²) in [6.45, 7) is 6.32. The topological polar surface area (TPSA) is 58.1 Å². The molecule has 6 heteroatoms. The molecule has 26 heavy (non-hydrogen) atoms. The maximum atomic E-state index is 5.70. The van der Waals surface area contributed by atoms with Gasteiger partial charge in [0.15, 0.2) is 5.96 Å². The number of benzene rings is 1. The smallest absolute Gasteiger partial charge is 0.191 e. The molecule has 1 saturated heterocycles. The molecule has 1 aromatic rings. The van der Waals surface area contributed by atoms with Gasteiger partial charge in [0.2, 0.25) is 0 Å². The average molecular weight is 363 g/mol. The number of likely N-dealkylation sites (tertiary alicyclic amines) is 1. The first-order chi connectivity index (χ1) is 12.8. The predicted octanol–water partition coefficient (Wildman–Crippen LogP) is 1.87. The summed E-state index contributed by atoms with van der Waals surface area (Å²) in [5, 5.41) is 6.87. The zero-order chi connectivity index (χ0) is 18.5. The molecule has 0 unspecified atom stereocenters. The van der Waals surface area contributed by atoms with Gasteiger partial charge in [0.05, 0.1) is 13.2 Å². The number of rotatable bonds is 10. The first-order valence-electron chi connectivity index (χ1n) is 9.62. The molecule has 146 valence electrons. The van der Waals surface area contributed by atoms with Gasteiger partial charge in [0, 0.05) is 53.0 Å². The van der Waals surface area contributed by atoms with Gasteiger partial charge in [-0.25, -0.2) is 0 Å². The lowest BCUT2D eigenvalue weighted by molar-refractivity contribution is 0.125. The van der Waals surface area contributed by atoms with Crippen molar-refractivity contribution >= 4 is 5.96 Å². The molecule has 6 nitrogen and oxygen atoms in total. The van der Waals surface area contributed by atoms with Gasteiger partial charge in [-0.3, -0.25) is 4.99 Å². The van der Waals surface area contributed by atoms with Crippen LogP contribution in [0.25, 0.3) is 0 Å². The number of nitrogens with zero attached hydrogens (tertiary/aromatic N) is 2. The van der Waals surface area contributed by atoms with Gasteiger partial charge in [0.25, 0.3) is 0 Å². The largest absolute Gasteiger partial charge is 0.385 e. The van der Waals surface area contributed by atoms with Gasteiger partial charge in [-0.15, -0.1) is 0 Å². The fraction of sp³-hybridized carbons (Fsp3) is 0.650. The second-order valence-corrected chi connectivity index (χ2v) is 6.64. The zero-order valence-electron chi connectivity index (χ0n) is 16.2. The second-order valence-electron chi connectivity index (χ2n) is 6.64. The lowest BCUT2D eigenvalue weighted by atomic mass is 10.1. The van der Waals surface area contributed by atoms with Gasteiger partial charge in [-0.2, -0.15) is 0 Å². The van der Waals surface area contributed by atoms with Gasteiger partial charge in [-0.1, -0.05) is 30.3 Å². The lowest BCUT2D eigenvalue weighted by Crippen LogP contribution is -2.49. The van der Waals surface area contributed by atoms with Crippen LogP contribution in [0.5, 0.6) is 0 Å². The van der Waals surface area contributed by atoms with Crippen molar-refractivity contribution in [3.63, 3.8) is 0 Å². The zero-order valence-corrected chi connectivity index (χ0v) is 16.2. The van der Waals surface area contributed by atoms with Crippen LogP contribution < -0.4 is 10.6 Å². The Bertz CT molecular complexity index is 502. The Morgan fingerprint density at radius 3 is 2.65 bits per heavy atom. The highest BCUT2D eigenvalue weighted by molar-refractivity contribution is 5.79. The van der Waals surface area contributed by atoms with E-state index in [0.717, 1.165) is 58.0 Å². The summed E-state index contributed by atoms with van der Waals surface area (Å²) >= 11 is 0. The molecular weight excluding hydrogens is 328 g/mol. The van der Waals surface area contributed by atoms with Crippen molar-refractivity contribution in [2.45, 2.75) is 31.9 Å². The molecule has 0 radical (unpaired) electrons. The highest BCUT2D eigenvalue weighted by Crippen LogP contribution is 2.10. The van der Waals surface area contributed by atoms with Crippen LogP contribution in [0.1, 0.15) is 24.8 Å². The van der Waals surface area contributed by atoms with Crippen molar-refractivity contribution in [1.82, 2.24) is 15.5 Å². The van der Waals surface area contributed by atoms with E-state index in [9.17, 15) is 0 Å². The number of ether oxygens (including phenoxy) is 2. The lowest BCUT2D eigenvalue weighted by Gasteiger charge is -2.33. The van der Waals surface area contributed by atoms with Crippen LogP contribution in [-0.2, 0) is 16.1 Å². The van der Waals surface area contributed by atoms with Crippen LogP contribution in [-0.4, -0.2) is 70.5 Å². The van der Waals surface area contributed by atoms with Crippen LogP contribution in [0.2, 0.25) is 0 Å². The van der Waals surface area contributed by atoms with Crippen molar-refractivity contribution in [3.8, 4) is 0 Å². The molecule has 0 aromatic heterocycles. The van der Waals surface area contributed by atoms with E-state index in [-0.39, 0.29) is 0 Å². The molecule has 2 rings (SSSR count). The van der Waals surface area contributed by atoms with Crippen LogP contribution in [0.3, 0.4) is 0 Å². The third kappa shape index (κ3) is 8.17. The maximum absolute atomic E-state index is 5.70. The molecule has 1 fully saturated rings. The van der Waals surface area contributed by atoms with Crippen molar-refractivity contribution < 1.29 is 9.47 Å². The molecule has 0 saturated carbocycles. The molecule has 0 bridgehead atoms. The third-order valence-corrected chi connectivity index (χ3v) is 4.63. The van der Waals surface area contributed by atoms with E-state index in [4.69, 9.17) is 9.47 Å². The molecule has 1 heterocycles. The van der Waals surface area contributed by atoms with Crippen LogP contribution in [0, 0.1) is 0 Å². The van der Waals surface area contributed by atoms with E-state index in [1.165, 1.54) is 5.56 Å².